The first-order valence-corrected chi connectivity index (χ1v) is 4.88. The van der Waals surface area contributed by atoms with Crippen LogP contribution < -0.4 is 0 Å². The van der Waals surface area contributed by atoms with Crippen LogP contribution in [0.4, 0.5) is 0 Å². The number of halogens is 1. The second-order valence-corrected chi connectivity index (χ2v) is 3.58. The molecule has 2 aromatic rings. The zero-order valence-corrected chi connectivity index (χ0v) is 9.13. The van der Waals surface area contributed by atoms with Crippen LogP contribution in [0.15, 0.2) is 24.7 Å². The standard InChI is InChI=1S/C10H6ClN3O3/c11-8-1-6(5-15)2-12-9(8)14-4-7(3-13-14)10(16)17/h1-5H,(H,16,17). The van der Waals surface area contributed by atoms with E-state index in [4.69, 9.17) is 16.7 Å². The minimum Gasteiger partial charge on any atom is -0.478 e. The predicted octanol–water partition coefficient (Wildman–Crippen LogP) is 1.43. The van der Waals surface area contributed by atoms with Crippen LogP contribution in [-0.2, 0) is 0 Å². The number of carbonyl (C=O) groups is 2. The number of rotatable bonds is 3. The Kier molecular flexibility index (Phi) is 2.88. The number of carboxylic acids is 1. The molecule has 0 unspecified atom stereocenters. The third-order valence-electron chi connectivity index (χ3n) is 2.03. The lowest BCUT2D eigenvalue weighted by atomic mass is 10.3. The quantitative estimate of drug-likeness (QED) is 0.834. The molecule has 0 aromatic carbocycles. The highest BCUT2D eigenvalue weighted by molar-refractivity contribution is 6.32. The largest absolute Gasteiger partial charge is 0.478 e. The Hall–Kier alpha value is -2.21. The summed E-state index contributed by atoms with van der Waals surface area (Å²) >= 11 is 5.90. The van der Waals surface area contributed by atoms with Crippen molar-refractivity contribution in [2.75, 3.05) is 0 Å². The number of aromatic carboxylic acids is 1. The molecule has 2 rings (SSSR count). The van der Waals surface area contributed by atoms with Gasteiger partial charge in [-0.2, -0.15) is 5.10 Å². The van der Waals surface area contributed by atoms with Crippen molar-refractivity contribution in [2.24, 2.45) is 0 Å². The molecule has 7 heteroatoms. The van der Waals surface area contributed by atoms with Gasteiger partial charge in [0, 0.05) is 18.0 Å². The second-order valence-electron chi connectivity index (χ2n) is 3.17. The van der Waals surface area contributed by atoms with E-state index in [0.717, 1.165) is 0 Å². The van der Waals surface area contributed by atoms with Gasteiger partial charge in [0.25, 0.3) is 0 Å². The third kappa shape index (κ3) is 2.16. The minimum atomic E-state index is -1.09. The van der Waals surface area contributed by atoms with Crippen LogP contribution in [0.1, 0.15) is 20.7 Å². The molecule has 86 valence electrons. The molecular weight excluding hydrogens is 246 g/mol. The highest BCUT2D eigenvalue weighted by Gasteiger charge is 2.10. The van der Waals surface area contributed by atoms with Crippen molar-refractivity contribution in [2.45, 2.75) is 0 Å². The maximum Gasteiger partial charge on any atom is 0.338 e. The van der Waals surface area contributed by atoms with Gasteiger partial charge in [-0.15, -0.1) is 0 Å². The first-order valence-electron chi connectivity index (χ1n) is 4.51. The fraction of sp³-hybridized carbons (Fsp3) is 0. The summed E-state index contributed by atoms with van der Waals surface area (Å²) in [5.74, 6) is -0.818. The van der Waals surface area contributed by atoms with Gasteiger partial charge in [-0.3, -0.25) is 4.79 Å². The summed E-state index contributed by atoms with van der Waals surface area (Å²) in [5.41, 5.74) is 0.367. The Bertz CT molecular complexity index is 594. The van der Waals surface area contributed by atoms with E-state index in [2.05, 4.69) is 10.1 Å². The molecule has 0 aliphatic rings. The molecule has 0 amide bonds. The van der Waals surface area contributed by atoms with Gasteiger partial charge in [-0.1, -0.05) is 11.6 Å². The first-order chi connectivity index (χ1) is 8.11. The summed E-state index contributed by atoms with van der Waals surface area (Å²) in [6.07, 6.45) is 4.43. The lowest BCUT2D eigenvalue weighted by molar-refractivity contribution is 0.0696. The van der Waals surface area contributed by atoms with E-state index in [-0.39, 0.29) is 16.4 Å². The van der Waals surface area contributed by atoms with Gasteiger partial charge in [0.1, 0.15) is 0 Å². The third-order valence-corrected chi connectivity index (χ3v) is 2.30. The van der Waals surface area contributed by atoms with Gasteiger partial charge < -0.3 is 5.11 Å². The Morgan fingerprint density at radius 1 is 1.47 bits per heavy atom. The number of hydrogen-bond acceptors (Lipinski definition) is 4. The van der Waals surface area contributed by atoms with E-state index >= 15 is 0 Å². The lowest BCUT2D eigenvalue weighted by Gasteiger charge is -2.02. The number of aromatic nitrogens is 3. The number of carboxylic acid groups (broad SMARTS) is 1. The van der Waals surface area contributed by atoms with Gasteiger partial charge in [0.15, 0.2) is 12.1 Å². The predicted molar refractivity (Wildman–Crippen MR) is 58.7 cm³/mol. The van der Waals surface area contributed by atoms with Crippen LogP contribution in [0, 0.1) is 0 Å². The summed E-state index contributed by atoms with van der Waals surface area (Å²) in [5, 5.41) is 12.8. The highest BCUT2D eigenvalue weighted by atomic mass is 35.5. The Labute approximate surface area is 100 Å². The van der Waals surface area contributed by atoms with E-state index in [1.165, 1.54) is 29.3 Å². The molecule has 17 heavy (non-hydrogen) atoms. The fourth-order valence-corrected chi connectivity index (χ4v) is 1.49. The Balaban J connectivity index is 2.45. The molecule has 2 heterocycles. The lowest BCUT2D eigenvalue weighted by Crippen LogP contribution is -2.00. The van der Waals surface area contributed by atoms with Crippen LogP contribution >= 0.6 is 11.6 Å². The molecule has 2 aromatic heterocycles. The van der Waals surface area contributed by atoms with E-state index < -0.39 is 5.97 Å². The number of pyridine rings is 1. The molecule has 0 aliphatic carbocycles. The van der Waals surface area contributed by atoms with Crippen LogP contribution in [0.3, 0.4) is 0 Å². The molecule has 0 fully saturated rings. The SMILES string of the molecule is O=Cc1cnc(-n2cc(C(=O)O)cn2)c(Cl)c1. The summed E-state index contributed by atoms with van der Waals surface area (Å²) in [6, 6.07) is 1.43. The maximum absolute atomic E-state index is 10.7. The molecule has 0 aliphatic heterocycles. The molecular formula is C10H6ClN3O3. The highest BCUT2D eigenvalue weighted by Crippen LogP contribution is 2.18. The molecule has 6 nitrogen and oxygen atoms in total. The van der Waals surface area contributed by atoms with E-state index in [1.807, 2.05) is 0 Å². The van der Waals surface area contributed by atoms with Gasteiger partial charge in [0.2, 0.25) is 0 Å². The summed E-state index contributed by atoms with van der Waals surface area (Å²) in [6.45, 7) is 0. The second kappa shape index (κ2) is 4.34. The van der Waals surface area contributed by atoms with Crippen molar-refractivity contribution in [3.05, 3.63) is 40.8 Å². The normalized spacial score (nSPS) is 10.2. The summed E-state index contributed by atoms with van der Waals surface area (Å²) in [7, 11) is 0. The van der Waals surface area contributed by atoms with Crippen LogP contribution in [0.25, 0.3) is 5.82 Å². The van der Waals surface area contributed by atoms with E-state index in [9.17, 15) is 9.59 Å². The summed E-state index contributed by atoms with van der Waals surface area (Å²) in [4.78, 5) is 25.1. The molecule has 0 bridgehead atoms. The Morgan fingerprint density at radius 2 is 2.24 bits per heavy atom. The zero-order valence-electron chi connectivity index (χ0n) is 8.37. The van der Waals surface area contributed by atoms with Crippen molar-refractivity contribution in [3.8, 4) is 5.82 Å². The first kappa shape index (κ1) is 11.3. The average molecular weight is 252 g/mol. The van der Waals surface area contributed by atoms with Crippen LogP contribution in [-0.4, -0.2) is 32.1 Å². The number of carbonyl (C=O) groups excluding carboxylic acids is 1. The molecule has 0 saturated heterocycles. The van der Waals surface area contributed by atoms with Gasteiger partial charge in [-0.05, 0) is 6.07 Å². The van der Waals surface area contributed by atoms with Crippen molar-refractivity contribution in [1.29, 1.82) is 0 Å². The molecule has 0 spiro atoms. The number of nitrogens with zero attached hydrogens (tertiary/aromatic N) is 3. The molecule has 0 atom stereocenters. The molecule has 0 radical (unpaired) electrons. The number of hydrogen-bond donors (Lipinski definition) is 1. The summed E-state index contributed by atoms with van der Waals surface area (Å²) < 4.78 is 1.24. The van der Waals surface area contributed by atoms with Gasteiger partial charge in [-0.25, -0.2) is 14.5 Å². The topological polar surface area (TPSA) is 85.1 Å². The van der Waals surface area contributed by atoms with Crippen molar-refractivity contribution in [3.63, 3.8) is 0 Å². The van der Waals surface area contributed by atoms with Gasteiger partial charge >= 0.3 is 5.97 Å². The number of aldehydes is 1. The molecule has 1 N–H and O–H groups in total. The van der Waals surface area contributed by atoms with Gasteiger partial charge in [0.05, 0.1) is 16.8 Å². The monoisotopic (exact) mass is 251 g/mol. The maximum atomic E-state index is 10.7. The Morgan fingerprint density at radius 3 is 2.76 bits per heavy atom. The van der Waals surface area contributed by atoms with Crippen LogP contribution in [0.2, 0.25) is 5.02 Å². The van der Waals surface area contributed by atoms with Crippen molar-refractivity contribution in [1.82, 2.24) is 14.8 Å². The average Bonchev–Trinajstić information content (AvgIpc) is 2.78. The molecule has 0 saturated carbocycles. The fourth-order valence-electron chi connectivity index (χ4n) is 1.23. The minimum absolute atomic E-state index is 0.0299. The van der Waals surface area contributed by atoms with Crippen molar-refractivity contribution >= 4 is 23.9 Å². The zero-order chi connectivity index (χ0) is 12.4. The van der Waals surface area contributed by atoms with Crippen molar-refractivity contribution < 1.29 is 14.7 Å². The van der Waals surface area contributed by atoms with E-state index in [0.29, 0.717) is 11.8 Å². The van der Waals surface area contributed by atoms with Crippen LogP contribution in [0.5, 0.6) is 0 Å². The smallest absolute Gasteiger partial charge is 0.338 e. The van der Waals surface area contributed by atoms with E-state index in [1.54, 1.807) is 0 Å².